The summed E-state index contributed by atoms with van der Waals surface area (Å²) in [6.07, 6.45) is 2.61. The van der Waals surface area contributed by atoms with Crippen LogP contribution in [0.2, 0.25) is 0 Å². The van der Waals surface area contributed by atoms with E-state index >= 15 is 0 Å². The maximum Gasteiger partial charge on any atom is 0.257 e. The van der Waals surface area contributed by atoms with Crippen molar-refractivity contribution < 1.29 is 18.0 Å². The molecule has 2 aromatic rings. The smallest absolute Gasteiger partial charge is 0.257 e. The minimum Gasteiger partial charge on any atom is -0.325 e. The third-order valence-electron chi connectivity index (χ3n) is 3.02. The van der Waals surface area contributed by atoms with Crippen LogP contribution in [0.1, 0.15) is 10.4 Å². The molecule has 0 fully saturated rings. The van der Waals surface area contributed by atoms with E-state index < -0.39 is 15.9 Å². The van der Waals surface area contributed by atoms with Crippen molar-refractivity contribution in [3.63, 3.8) is 0 Å². The Kier molecular flexibility index (Phi) is 5.65. The number of carbonyl (C=O) groups is 2. The number of aromatic nitrogens is 1. The van der Waals surface area contributed by atoms with Gasteiger partial charge in [0.2, 0.25) is 15.9 Å². The first kappa shape index (κ1) is 18.0. The molecule has 0 unspecified atom stereocenters. The van der Waals surface area contributed by atoms with Crippen LogP contribution in [0.25, 0.3) is 0 Å². The third-order valence-corrected chi connectivity index (χ3v) is 4.97. The van der Waals surface area contributed by atoms with Crippen molar-refractivity contribution >= 4 is 44.0 Å². The summed E-state index contributed by atoms with van der Waals surface area (Å²) in [5.74, 6) is -0.775. The van der Waals surface area contributed by atoms with Crippen molar-refractivity contribution in [1.82, 2.24) is 9.29 Å². The standard InChI is InChI=1S/C14H16N4O4S2/c1-18(24(2,21)22)9-12(19)16-11-5-3-10(4-6-11)13(20)17-14-15-7-8-23-14/h3-8H,9H2,1-2H3,(H,16,19)(H,15,17,20). The van der Waals surface area contributed by atoms with Crippen LogP contribution in [0, 0.1) is 0 Å². The van der Waals surface area contributed by atoms with E-state index in [1.165, 1.54) is 18.4 Å². The Morgan fingerprint density at radius 3 is 2.42 bits per heavy atom. The zero-order chi connectivity index (χ0) is 17.7. The van der Waals surface area contributed by atoms with Gasteiger partial charge in [0.1, 0.15) is 0 Å². The molecule has 0 radical (unpaired) electrons. The molecule has 0 saturated carbocycles. The molecule has 2 rings (SSSR count). The summed E-state index contributed by atoms with van der Waals surface area (Å²) in [6, 6.07) is 6.24. The second-order valence-electron chi connectivity index (χ2n) is 4.94. The molecule has 0 atom stereocenters. The lowest BCUT2D eigenvalue weighted by molar-refractivity contribution is -0.116. The van der Waals surface area contributed by atoms with Crippen molar-refractivity contribution in [2.24, 2.45) is 0 Å². The van der Waals surface area contributed by atoms with Crippen molar-refractivity contribution in [3.8, 4) is 0 Å². The van der Waals surface area contributed by atoms with E-state index in [2.05, 4.69) is 15.6 Å². The number of nitrogens with zero attached hydrogens (tertiary/aromatic N) is 2. The molecule has 0 spiro atoms. The van der Waals surface area contributed by atoms with E-state index in [0.29, 0.717) is 16.4 Å². The van der Waals surface area contributed by atoms with E-state index in [1.807, 2.05) is 0 Å². The van der Waals surface area contributed by atoms with Gasteiger partial charge in [-0.05, 0) is 24.3 Å². The van der Waals surface area contributed by atoms with Crippen molar-refractivity contribution in [2.45, 2.75) is 0 Å². The Morgan fingerprint density at radius 2 is 1.88 bits per heavy atom. The maximum atomic E-state index is 12.0. The summed E-state index contributed by atoms with van der Waals surface area (Å²) in [4.78, 5) is 27.8. The number of likely N-dealkylation sites (N-methyl/N-ethyl adjacent to an activating group) is 1. The van der Waals surface area contributed by atoms with E-state index in [0.717, 1.165) is 10.6 Å². The predicted molar refractivity (Wildman–Crippen MR) is 92.6 cm³/mol. The van der Waals surface area contributed by atoms with Gasteiger partial charge in [0.05, 0.1) is 12.8 Å². The molecule has 10 heteroatoms. The highest BCUT2D eigenvalue weighted by atomic mass is 32.2. The van der Waals surface area contributed by atoms with Crippen LogP contribution >= 0.6 is 11.3 Å². The summed E-state index contributed by atoms with van der Waals surface area (Å²) in [5.41, 5.74) is 0.879. The summed E-state index contributed by atoms with van der Waals surface area (Å²) in [6.45, 7) is -0.287. The highest BCUT2D eigenvalue weighted by molar-refractivity contribution is 7.88. The molecule has 1 heterocycles. The van der Waals surface area contributed by atoms with Crippen molar-refractivity contribution in [3.05, 3.63) is 41.4 Å². The Balaban J connectivity index is 1.94. The number of anilines is 2. The fourth-order valence-corrected chi connectivity index (χ4v) is 2.56. The number of amides is 2. The highest BCUT2D eigenvalue weighted by Crippen LogP contribution is 2.14. The quantitative estimate of drug-likeness (QED) is 0.797. The van der Waals surface area contributed by atoms with Crippen LogP contribution in [0.5, 0.6) is 0 Å². The van der Waals surface area contributed by atoms with Gasteiger partial charge < -0.3 is 5.32 Å². The SMILES string of the molecule is CN(CC(=O)Nc1ccc(C(=O)Nc2nccs2)cc1)S(C)(=O)=O. The minimum atomic E-state index is -3.42. The van der Waals surface area contributed by atoms with Crippen LogP contribution in [0.15, 0.2) is 35.8 Å². The van der Waals surface area contributed by atoms with Gasteiger partial charge in [0.25, 0.3) is 5.91 Å². The molecule has 8 nitrogen and oxygen atoms in total. The number of nitrogens with one attached hydrogen (secondary N) is 2. The van der Waals surface area contributed by atoms with Crippen molar-refractivity contribution in [1.29, 1.82) is 0 Å². The molecule has 0 saturated heterocycles. The van der Waals surface area contributed by atoms with Gasteiger partial charge in [-0.1, -0.05) is 0 Å². The molecule has 128 valence electrons. The first-order valence-electron chi connectivity index (χ1n) is 6.78. The Bertz CT molecular complexity index is 817. The van der Waals surface area contributed by atoms with Gasteiger partial charge in [-0.3, -0.25) is 14.9 Å². The molecule has 24 heavy (non-hydrogen) atoms. The van der Waals surface area contributed by atoms with Crippen LogP contribution in [0.4, 0.5) is 10.8 Å². The van der Waals surface area contributed by atoms with Crippen LogP contribution < -0.4 is 10.6 Å². The van der Waals surface area contributed by atoms with Gasteiger partial charge in [-0.25, -0.2) is 13.4 Å². The average molecular weight is 368 g/mol. The average Bonchev–Trinajstić information content (AvgIpc) is 2.99. The lowest BCUT2D eigenvalue weighted by Gasteiger charge is -2.13. The maximum absolute atomic E-state index is 12.0. The van der Waals surface area contributed by atoms with Gasteiger partial charge in [-0.15, -0.1) is 11.3 Å². The van der Waals surface area contributed by atoms with E-state index in [9.17, 15) is 18.0 Å². The number of hydrogen-bond donors (Lipinski definition) is 2. The summed E-state index contributed by atoms with van der Waals surface area (Å²) in [5, 5.41) is 7.47. The van der Waals surface area contributed by atoms with Crippen LogP contribution in [0.3, 0.4) is 0 Å². The largest absolute Gasteiger partial charge is 0.325 e. The molecule has 1 aromatic carbocycles. The number of benzene rings is 1. The monoisotopic (exact) mass is 368 g/mol. The lowest BCUT2D eigenvalue weighted by atomic mass is 10.2. The third kappa shape index (κ3) is 5.11. The second-order valence-corrected chi connectivity index (χ2v) is 7.92. The molecule has 0 aliphatic carbocycles. The van der Waals surface area contributed by atoms with Crippen LogP contribution in [-0.2, 0) is 14.8 Å². The molecule has 0 bridgehead atoms. The zero-order valence-corrected chi connectivity index (χ0v) is 14.6. The molecular weight excluding hydrogens is 352 g/mol. The van der Waals surface area contributed by atoms with E-state index in [-0.39, 0.29) is 12.5 Å². The van der Waals surface area contributed by atoms with Gasteiger partial charge in [0.15, 0.2) is 5.13 Å². The number of hydrogen-bond acceptors (Lipinski definition) is 6. The number of rotatable bonds is 6. The zero-order valence-electron chi connectivity index (χ0n) is 13.0. The van der Waals surface area contributed by atoms with Gasteiger partial charge >= 0.3 is 0 Å². The highest BCUT2D eigenvalue weighted by Gasteiger charge is 2.15. The molecule has 0 aliphatic rings. The Morgan fingerprint density at radius 1 is 1.21 bits per heavy atom. The summed E-state index contributed by atoms with van der Waals surface area (Å²) < 4.78 is 23.5. The van der Waals surface area contributed by atoms with Gasteiger partial charge in [0, 0.05) is 29.9 Å². The predicted octanol–water partition coefficient (Wildman–Crippen LogP) is 1.23. The number of thiazole rings is 1. The van der Waals surface area contributed by atoms with E-state index in [1.54, 1.807) is 35.8 Å². The summed E-state index contributed by atoms with van der Waals surface area (Å²) in [7, 11) is -2.10. The normalized spacial score (nSPS) is 11.3. The van der Waals surface area contributed by atoms with E-state index in [4.69, 9.17) is 0 Å². The molecule has 0 aliphatic heterocycles. The molecule has 2 amide bonds. The Hall–Kier alpha value is -2.30. The summed E-state index contributed by atoms with van der Waals surface area (Å²) >= 11 is 1.31. The minimum absolute atomic E-state index is 0.287. The number of carbonyl (C=O) groups excluding carboxylic acids is 2. The fraction of sp³-hybridized carbons (Fsp3) is 0.214. The molecule has 2 N–H and O–H groups in total. The first-order valence-corrected chi connectivity index (χ1v) is 9.50. The Labute approximate surface area is 143 Å². The molecular formula is C14H16N4O4S2. The lowest BCUT2D eigenvalue weighted by Crippen LogP contribution is -2.34. The molecule has 1 aromatic heterocycles. The van der Waals surface area contributed by atoms with Crippen LogP contribution in [-0.4, -0.2) is 49.4 Å². The second kappa shape index (κ2) is 7.51. The number of sulfonamides is 1. The topological polar surface area (TPSA) is 108 Å². The fourth-order valence-electron chi connectivity index (χ4n) is 1.68. The van der Waals surface area contributed by atoms with Gasteiger partial charge in [-0.2, -0.15) is 4.31 Å². The van der Waals surface area contributed by atoms with Crippen molar-refractivity contribution in [2.75, 3.05) is 30.5 Å². The first-order chi connectivity index (χ1) is 11.3.